The highest BCUT2D eigenvalue weighted by Crippen LogP contribution is 2.23. The van der Waals surface area contributed by atoms with E-state index < -0.39 is 5.54 Å². The van der Waals surface area contributed by atoms with Crippen LogP contribution in [0.15, 0.2) is 22.7 Å². The molecule has 0 aliphatic heterocycles. The standard InChI is InChI=1S/C10H14BrNO/c1-7-5-8(3-4-9(7)11)10(2,12)6-13/h3-5,13H,6,12H2,1-2H3. The summed E-state index contributed by atoms with van der Waals surface area (Å²) in [4.78, 5) is 0. The van der Waals surface area contributed by atoms with Gasteiger partial charge >= 0.3 is 0 Å². The Labute approximate surface area is 86.9 Å². The zero-order valence-corrected chi connectivity index (χ0v) is 9.43. The molecule has 0 aliphatic carbocycles. The Morgan fingerprint density at radius 2 is 2.15 bits per heavy atom. The molecule has 1 aromatic carbocycles. The fourth-order valence-corrected chi connectivity index (χ4v) is 1.34. The lowest BCUT2D eigenvalue weighted by Gasteiger charge is -2.22. The first-order valence-corrected chi connectivity index (χ1v) is 4.93. The topological polar surface area (TPSA) is 46.2 Å². The molecule has 72 valence electrons. The third kappa shape index (κ3) is 2.30. The van der Waals surface area contributed by atoms with Gasteiger partial charge < -0.3 is 10.8 Å². The van der Waals surface area contributed by atoms with Crippen LogP contribution in [0, 0.1) is 6.92 Å². The van der Waals surface area contributed by atoms with Gasteiger partial charge in [-0.15, -0.1) is 0 Å². The quantitative estimate of drug-likeness (QED) is 0.834. The molecule has 3 N–H and O–H groups in total. The minimum atomic E-state index is -0.647. The van der Waals surface area contributed by atoms with Gasteiger partial charge in [0.05, 0.1) is 12.1 Å². The van der Waals surface area contributed by atoms with Crippen LogP contribution in [0.5, 0.6) is 0 Å². The maximum Gasteiger partial charge on any atom is 0.0650 e. The molecule has 3 heteroatoms. The summed E-state index contributed by atoms with van der Waals surface area (Å²) in [6.07, 6.45) is 0. The van der Waals surface area contributed by atoms with Crippen LogP contribution in [0.25, 0.3) is 0 Å². The van der Waals surface area contributed by atoms with Crippen LogP contribution in [0.4, 0.5) is 0 Å². The van der Waals surface area contributed by atoms with E-state index in [1.165, 1.54) is 0 Å². The summed E-state index contributed by atoms with van der Waals surface area (Å²) in [7, 11) is 0. The molecule has 0 saturated heterocycles. The molecule has 0 radical (unpaired) electrons. The average Bonchev–Trinajstić information content (AvgIpc) is 2.09. The van der Waals surface area contributed by atoms with Crippen molar-refractivity contribution in [3.8, 4) is 0 Å². The smallest absolute Gasteiger partial charge is 0.0650 e. The summed E-state index contributed by atoms with van der Waals surface area (Å²) in [6.45, 7) is 3.77. The molecule has 0 heterocycles. The Kier molecular flexibility index (Phi) is 3.11. The molecule has 1 aromatic rings. The number of benzene rings is 1. The summed E-state index contributed by atoms with van der Waals surface area (Å²) in [6, 6.07) is 5.86. The van der Waals surface area contributed by atoms with Gasteiger partial charge in [0, 0.05) is 4.47 Å². The lowest BCUT2D eigenvalue weighted by molar-refractivity contribution is 0.210. The second-order valence-electron chi connectivity index (χ2n) is 3.54. The van der Waals surface area contributed by atoms with Crippen LogP contribution in [0.2, 0.25) is 0 Å². The molecule has 13 heavy (non-hydrogen) atoms. The molecular weight excluding hydrogens is 230 g/mol. The van der Waals surface area contributed by atoms with E-state index in [4.69, 9.17) is 10.8 Å². The van der Waals surface area contributed by atoms with Crippen molar-refractivity contribution < 1.29 is 5.11 Å². The number of rotatable bonds is 2. The SMILES string of the molecule is Cc1cc(C(C)(N)CO)ccc1Br. The minimum absolute atomic E-state index is 0.0475. The van der Waals surface area contributed by atoms with Gasteiger partial charge in [-0.25, -0.2) is 0 Å². The van der Waals surface area contributed by atoms with Crippen molar-refractivity contribution in [3.05, 3.63) is 33.8 Å². The molecule has 1 atom stereocenters. The first-order valence-electron chi connectivity index (χ1n) is 4.14. The summed E-state index contributed by atoms with van der Waals surface area (Å²) >= 11 is 3.41. The van der Waals surface area contributed by atoms with Crippen LogP contribution in [0.1, 0.15) is 18.1 Å². The first-order chi connectivity index (χ1) is 5.97. The van der Waals surface area contributed by atoms with Gasteiger partial charge in [0.15, 0.2) is 0 Å². The minimum Gasteiger partial charge on any atom is -0.394 e. The Morgan fingerprint density at radius 1 is 1.54 bits per heavy atom. The van der Waals surface area contributed by atoms with Gasteiger partial charge in [0.1, 0.15) is 0 Å². The number of hydrogen-bond donors (Lipinski definition) is 2. The number of aryl methyl sites for hydroxylation is 1. The highest BCUT2D eigenvalue weighted by Gasteiger charge is 2.19. The van der Waals surface area contributed by atoms with Crippen LogP contribution in [0.3, 0.4) is 0 Å². The first kappa shape index (κ1) is 10.7. The van der Waals surface area contributed by atoms with Crippen molar-refractivity contribution in [2.75, 3.05) is 6.61 Å². The highest BCUT2D eigenvalue weighted by molar-refractivity contribution is 9.10. The fraction of sp³-hybridized carbons (Fsp3) is 0.400. The van der Waals surface area contributed by atoms with Crippen molar-refractivity contribution in [3.63, 3.8) is 0 Å². The normalized spacial score (nSPS) is 15.5. The van der Waals surface area contributed by atoms with Crippen molar-refractivity contribution in [1.29, 1.82) is 0 Å². The van der Waals surface area contributed by atoms with E-state index in [9.17, 15) is 0 Å². The predicted octanol–water partition coefficient (Wildman–Crippen LogP) is 1.92. The monoisotopic (exact) mass is 243 g/mol. The fourth-order valence-electron chi connectivity index (χ4n) is 1.09. The lowest BCUT2D eigenvalue weighted by Crippen LogP contribution is -2.36. The van der Waals surface area contributed by atoms with Crippen molar-refractivity contribution in [2.45, 2.75) is 19.4 Å². The zero-order valence-electron chi connectivity index (χ0n) is 7.84. The third-order valence-corrected chi connectivity index (χ3v) is 3.04. The van der Waals surface area contributed by atoms with Crippen LogP contribution in [-0.4, -0.2) is 11.7 Å². The van der Waals surface area contributed by atoms with Gasteiger partial charge in [-0.3, -0.25) is 0 Å². The Morgan fingerprint density at radius 3 is 2.62 bits per heavy atom. The second-order valence-corrected chi connectivity index (χ2v) is 4.39. The summed E-state index contributed by atoms with van der Waals surface area (Å²) in [5, 5.41) is 9.07. The van der Waals surface area contributed by atoms with Crippen LogP contribution < -0.4 is 5.73 Å². The number of halogens is 1. The second kappa shape index (κ2) is 3.78. The third-order valence-electron chi connectivity index (χ3n) is 2.15. The molecule has 1 unspecified atom stereocenters. The van der Waals surface area contributed by atoms with Gasteiger partial charge in [0.2, 0.25) is 0 Å². The van der Waals surface area contributed by atoms with Crippen molar-refractivity contribution in [1.82, 2.24) is 0 Å². The molecule has 0 fully saturated rings. The Balaban J connectivity index is 3.10. The van der Waals surface area contributed by atoms with E-state index in [2.05, 4.69) is 15.9 Å². The van der Waals surface area contributed by atoms with Crippen molar-refractivity contribution >= 4 is 15.9 Å². The number of hydrogen-bond acceptors (Lipinski definition) is 2. The molecule has 0 spiro atoms. The number of aliphatic hydroxyl groups is 1. The van der Waals surface area contributed by atoms with E-state index in [0.29, 0.717) is 0 Å². The molecule has 0 saturated carbocycles. The molecule has 0 aromatic heterocycles. The molecule has 2 nitrogen and oxygen atoms in total. The molecule has 0 bridgehead atoms. The molecule has 0 aliphatic rings. The number of nitrogens with two attached hydrogens (primary N) is 1. The van der Waals surface area contributed by atoms with Gasteiger partial charge in [0.25, 0.3) is 0 Å². The van der Waals surface area contributed by atoms with E-state index >= 15 is 0 Å². The molecule has 0 amide bonds. The van der Waals surface area contributed by atoms with E-state index in [0.717, 1.165) is 15.6 Å². The van der Waals surface area contributed by atoms with Crippen LogP contribution >= 0.6 is 15.9 Å². The highest BCUT2D eigenvalue weighted by atomic mass is 79.9. The predicted molar refractivity (Wildman–Crippen MR) is 57.5 cm³/mol. The Bertz CT molecular complexity index is 310. The Hall–Kier alpha value is -0.380. The van der Waals surface area contributed by atoms with Gasteiger partial charge in [-0.05, 0) is 31.0 Å². The zero-order chi connectivity index (χ0) is 10.1. The van der Waals surface area contributed by atoms with Gasteiger partial charge in [-0.1, -0.05) is 28.1 Å². The van der Waals surface area contributed by atoms with E-state index in [1.807, 2.05) is 32.0 Å². The lowest BCUT2D eigenvalue weighted by atomic mass is 9.93. The van der Waals surface area contributed by atoms with Gasteiger partial charge in [-0.2, -0.15) is 0 Å². The largest absolute Gasteiger partial charge is 0.394 e. The average molecular weight is 244 g/mol. The maximum atomic E-state index is 9.07. The number of aliphatic hydroxyl groups excluding tert-OH is 1. The maximum absolute atomic E-state index is 9.07. The summed E-state index contributed by atoms with van der Waals surface area (Å²) in [5.41, 5.74) is 7.33. The van der Waals surface area contributed by atoms with E-state index in [1.54, 1.807) is 0 Å². The molecular formula is C10H14BrNO. The van der Waals surface area contributed by atoms with Crippen molar-refractivity contribution in [2.24, 2.45) is 5.73 Å². The van der Waals surface area contributed by atoms with E-state index in [-0.39, 0.29) is 6.61 Å². The molecule has 1 rings (SSSR count). The summed E-state index contributed by atoms with van der Waals surface area (Å²) < 4.78 is 1.06. The van der Waals surface area contributed by atoms with Crippen LogP contribution in [-0.2, 0) is 5.54 Å². The summed E-state index contributed by atoms with van der Waals surface area (Å²) in [5.74, 6) is 0.